The Kier molecular flexibility index (Phi) is 3.21. The fraction of sp³-hybridized carbons (Fsp3) is 1.00. The highest BCUT2D eigenvalue weighted by atomic mass is 28.4. The number of hydrazine groups is 1. The molecule has 2 bridgehead atoms. The summed E-state index contributed by atoms with van der Waals surface area (Å²) in [4.78, 5) is 0. The lowest BCUT2D eigenvalue weighted by molar-refractivity contribution is -0.0202. The molecule has 0 aromatic carbocycles. The third kappa shape index (κ3) is 2.81. The number of nitrogens with two attached hydrogens (primary N) is 1. The van der Waals surface area contributed by atoms with Crippen molar-refractivity contribution in [3.63, 3.8) is 0 Å². The van der Waals surface area contributed by atoms with Crippen molar-refractivity contribution in [2.24, 2.45) is 5.84 Å². The molecule has 4 heteroatoms. The van der Waals surface area contributed by atoms with Crippen molar-refractivity contribution in [3.8, 4) is 0 Å². The van der Waals surface area contributed by atoms with Crippen molar-refractivity contribution >= 4 is 8.32 Å². The second-order valence-electron chi connectivity index (χ2n) is 6.01. The zero-order valence-corrected chi connectivity index (χ0v) is 11.2. The lowest BCUT2D eigenvalue weighted by Gasteiger charge is -2.47. The van der Waals surface area contributed by atoms with Crippen LogP contribution in [0.5, 0.6) is 0 Å². The number of piperidine rings is 2. The molecule has 0 radical (unpaired) electrons. The molecular weight excluding hydrogens is 204 g/mol. The first-order valence-electron chi connectivity index (χ1n) is 6.16. The van der Waals surface area contributed by atoms with Crippen molar-refractivity contribution < 1.29 is 4.43 Å². The van der Waals surface area contributed by atoms with Gasteiger partial charge in [-0.2, -0.15) is 0 Å². The molecule has 0 saturated carbocycles. The van der Waals surface area contributed by atoms with Crippen molar-refractivity contribution in [1.29, 1.82) is 0 Å². The first-order chi connectivity index (χ1) is 6.96. The van der Waals surface area contributed by atoms with E-state index in [0.717, 1.165) is 12.8 Å². The van der Waals surface area contributed by atoms with Gasteiger partial charge in [-0.05, 0) is 45.3 Å². The molecule has 0 aromatic heterocycles. The van der Waals surface area contributed by atoms with Crippen molar-refractivity contribution in [1.82, 2.24) is 5.01 Å². The maximum atomic E-state index is 6.22. The second-order valence-corrected chi connectivity index (χ2v) is 10.5. The van der Waals surface area contributed by atoms with Crippen LogP contribution >= 0.6 is 0 Å². The largest absolute Gasteiger partial charge is 0.415 e. The number of nitrogens with zero attached hydrogens (tertiary/aromatic N) is 1. The summed E-state index contributed by atoms with van der Waals surface area (Å²) in [5.41, 5.74) is 0. The quantitative estimate of drug-likeness (QED) is 0.581. The third-order valence-electron chi connectivity index (χ3n) is 3.51. The van der Waals surface area contributed by atoms with Gasteiger partial charge in [0.05, 0.1) is 0 Å². The number of rotatable bonds is 2. The predicted molar refractivity (Wildman–Crippen MR) is 64.9 cm³/mol. The number of hydrogen-bond donors (Lipinski definition) is 1. The molecule has 2 aliphatic rings. The van der Waals surface area contributed by atoms with E-state index < -0.39 is 8.32 Å². The van der Waals surface area contributed by atoms with Crippen LogP contribution in [0, 0.1) is 0 Å². The van der Waals surface area contributed by atoms with Gasteiger partial charge in [0, 0.05) is 18.2 Å². The molecule has 2 unspecified atom stereocenters. The maximum Gasteiger partial charge on any atom is 0.184 e. The SMILES string of the molecule is C[Si](C)(C)OC1CC2CCCC(C1)N2N. The summed E-state index contributed by atoms with van der Waals surface area (Å²) in [6.45, 7) is 6.83. The maximum absolute atomic E-state index is 6.22. The van der Waals surface area contributed by atoms with Gasteiger partial charge in [0.25, 0.3) is 0 Å². The Hall–Kier alpha value is 0.0969. The normalized spacial score (nSPS) is 38.0. The molecule has 2 aliphatic heterocycles. The van der Waals surface area contributed by atoms with Crippen molar-refractivity contribution in [2.75, 3.05) is 0 Å². The summed E-state index contributed by atoms with van der Waals surface area (Å²) in [6, 6.07) is 1.16. The van der Waals surface area contributed by atoms with Crippen LogP contribution in [-0.2, 0) is 4.43 Å². The van der Waals surface area contributed by atoms with Gasteiger partial charge in [-0.25, -0.2) is 5.01 Å². The molecule has 88 valence electrons. The highest BCUT2D eigenvalue weighted by Gasteiger charge is 2.38. The average Bonchev–Trinajstić information content (AvgIpc) is 2.04. The number of hydrogen-bond acceptors (Lipinski definition) is 3. The van der Waals surface area contributed by atoms with Crippen molar-refractivity contribution in [3.05, 3.63) is 0 Å². The van der Waals surface area contributed by atoms with E-state index in [-0.39, 0.29) is 0 Å². The topological polar surface area (TPSA) is 38.5 Å². The molecule has 2 N–H and O–H groups in total. The Morgan fingerprint density at radius 2 is 1.67 bits per heavy atom. The molecule has 2 rings (SSSR count). The van der Waals surface area contributed by atoms with Gasteiger partial charge in [-0.1, -0.05) is 6.42 Å². The molecule has 3 nitrogen and oxygen atoms in total. The molecule has 0 aliphatic carbocycles. The van der Waals surface area contributed by atoms with Crippen LogP contribution in [0.2, 0.25) is 19.6 Å². The summed E-state index contributed by atoms with van der Waals surface area (Å²) >= 11 is 0. The molecule has 0 amide bonds. The Bertz CT molecular complexity index is 215. The Labute approximate surface area is 94.1 Å². The smallest absolute Gasteiger partial charge is 0.184 e. The van der Waals surface area contributed by atoms with Crippen LogP contribution in [0.1, 0.15) is 32.1 Å². The van der Waals surface area contributed by atoms with E-state index in [1.807, 2.05) is 0 Å². The zero-order chi connectivity index (χ0) is 11.1. The molecule has 0 aromatic rings. The van der Waals surface area contributed by atoms with Crippen LogP contribution in [0.4, 0.5) is 0 Å². The minimum absolute atomic E-state index is 0.478. The summed E-state index contributed by atoms with van der Waals surface area (Å²) in [6.07, 6.45) is 6.65. The Morgan fingerprint density at radius 1 is 1.13 bits per heavy atom. The average molecular weight is 228 g/mol. The standard InChI is InChI=1S/C11H24N2OSi/c1-15(2,3)14-11-7-9-5-4-6-10(8-11)13(9)12/h9-11H,4-8,12H2,1-3H3. The lowest BCUT2D eigenvalue weighted by Crippen LogP contribution is -2.58. The summed E-state index contributed by atoms with van der Waals surface area (Å²) in [5.74, 6) is 6.10. The van der Waals surface area contributed by atoms with E-state index in [1.165, 1.54) is 19.3 Å². The van der Waals surface area contributed by atoms with Gasteiger partial charge in [0.15, 0.2) is 8.32 Å². The van der Waals surface area contributed by atoms with E-state index in [2.05, 4.69) is 24.6 Å². The summed E-state index contributed by atoms with van der Waals surface area (Å²) in [5, 5.41) is 2.10. The first kappa shape index (κ1) is 11.6. The fourth-order valence-electron chi connectivity index (χ4n) is 2.96. The van der Waals surface area contributed by atoms with Crippen molar-refractivity contribution in [2.45, 2.75) is 69.9 Å². The third-order valence-corrected chi connectivity index (χ3v) is 4.55. The molecular formula is C11H24N2OSi. The second kappa shape index (κ2) is 4.16. The van der Waals surface area contributed by atoms with Crippen LogP contribution in [0.3, 0.4) is 0 Å². The molecule has 2 atom stereocenters. The minimum Gasteiger partial charge on any atom is -0.415 e. The van der Waals surface area contributed by atoms with Gasteiger partial charge in [0.1, 0.15) is 0 Å². The van der Waals surface area contributed by atoms with E-state index in [4.69, 9.17) is 10.3 Å². The minimum atomic E-state index is -1.37. The highest BCUT2D eigenvalue weighted by Crippen LogP contribution is 2.33. The van der Waals surface area contributed by atoms with Gasteiger partial charge in [-0.3, -0.25) is 5.84 Å². The Balaban J connectivity index is 1.95. The predicted octanol–water partition coefficient (Wildman–Crippen LogP) is 2.10. The molecule has 15 heavy (non-hydrogen) atoms. The summed E-state index contributed by atoms with van der Waals surface area (Å²) in [7, 11) is -1.37. The van der Waals surface area contributed by atoms with E-state index in [9.17, 15) is 0 Å². The molecule has 0 spiro atoms. The Morgan fingerprint density at radius 3 is 2.13 bits per heavy atom. The fourth-order valence-corrected chi connectivity index (χ4v) is 4.16. The lowest BCUT2D eigenvalue weighted by atomic mass is 9.84. The van der Waals surface area contributed by atoms with Crippen LogP contribution in [0.15, 0.2) is 0 Å². The monoisotopic (exact) mass is 228 g/mol. The van der Waals surface area contributed by atoms with Crippen LogP contribution in [0.25, 0.3) is 0 Å². The van der Waals surface area contributed by atoms with Gasteiger partial charge >= 0.3 is 0 Å². The van der Waals surface area contributed by atoms with Gasteiger partial charge in [0.2, 0.25) is 0 Å². The molecule has 2 heterocycles. The first-order valence-corrected chi connectivity index (χ1v) is 9.57. The van der Waals surface area contributed by atoms with Gasteiger partial charge < -0.3 is 4.43 Å². The molecule has 2 fully saturated rings. The van der Waals surface area contributed by atoms with E-state index in [1.54, 1.807) is 0 Å². The van der Waals surface area contributed by atoms with Gasteiger partial charge in [-0.15, -0.1) is 0 Å². The molecule has 2 saturated heterocycles. The highest BCUT2D eigenvalue weighted by molar-refractivity contribution is 6.69. The van der Waals surface area contributed by atoms with E-state index in [0.29, 0.717) is 18.2 Å². The van der Waals surface area contributed by atoms with Crippen LogP contribution in [-0.4, -0.2) is 31.5 Å². The van der Waals surface area contributed by atoms with E-state index >= 15 is 0 Å². The number of fused-ring (bicyclic) bond motifs is 2. The zero-order valence-electron chi connectivity index (χ0n) is 10.2. The summed E-state index contributed by atoms with van der Waals surface area (Å²) < 4.78 is 6.22. The van der Waals surface area contributed by atoms with Crippen LogP contribution < -0.4 is 5.84 Å².